The minimum Gasteiger partial charge on any atom is -0.481 e. The number of esters is 1. The Kier molecular flexibility index (Phi) is 41.5. The van der Waals surface area contributed by atoms with Gasteiger partial charge in [-0.25, -0.2) is 9.59 Å². The van der Waals surface area contributed by atoms with Gasteiger partial charge in [0, 0.05) is 43.4 Å². The number of ether oxygens (including phenoxy) is 1. The summed E-state index contributed by atoms with van der Waals surface area (Å²) in [6, 6.07) is -15.1. The lowest BCUT2D eigenvalue weighted by Crippen LogP contribution is -2.62. The van der Waals surface area contributed by atoms with Crippen LogP contribution in [-0.2, 0) is 107 Å². The summed E-state index contributed by atoms with van der Waals surface area (Å²) >= 11 is 0. The molecule has 16 unspecified atom stereocenters. The van der Waals surface area contributed by atoms with Crippen molar-refractivity contribution in [1.29, 1.82) is 0 Å². The highest BCUT2D eigenvalue weighted by Gasteiger charge is 2.43. The number of carboxylic acids is 4. The highest BCUT2D eigenvalue weighted by atomic mass is 16.5. The lowest BCUT2D eigenvalue weighted by Gasteiger charge is -2.32. The number of fused-ring (bicyclic) bond motifs is 1. The Morgan fingerprint density at radius 1 is 0.578 bits per heavy atom. The van der Waals surface area contributed by atoms with E-state index in [0.717, 1.165) is 53.5 Å². The minimum absolute atomic E-state index is 0.000771. The van der Waals surface area contributed by atoms with Crippen molar-refractivity contribution in [1.82, 2.24) is 73.7 Å². The summed E-state index contributed by atoms with van der Waals surface area (Å²) in [5.41, 5.74) is 17.9. The van der Waals surface area contributed by atoms with Crippen LogP contribution in [0.2, 0.25) is 0 Å². The van der Waals surface area contributed by atoms with Crippen molar-refractivity contribution in [3.63, 3.8) is 0 Å². The summed E-state index contributed by atoms with van der Waals surface area (Å²) < 4.78 is 5.80. The second-order valence-electron chi connectivity index (χ2n) is 28.7. The van der Waals surface area contributed by atoms with Crippen LogP contribution in [0.25, 0.3) is 10.9 Å². The quantitative estimate of drug-likeness (QED) is 0.0222. The standard InChI is InChI=1S/C73H111N17O26/c1-9-35(3)19-13-11-12-14-23-51(93)80-45(28-40-32-77-42-21-16-15-20-41(40)42)65(106)83-44(24-25-54(96)97)63(104)85-47(30-50(76)92)68(109)88-59-39(7)116-73(115)58(36(4)10-2)87-70(111)57(37(5)27-55(98)99)86-67(108)46(29-49(75)91)81-52(94)33-78-69(110)60(61(102)72(113)114)89-64(105)43(22-17-18-26-74)82-66(107)48(31-56(100)101)84-62(103)38(6)79-53(95)34-90(8)71(59)112/h15-16,20-21,32,35-39,43-48,57-61,77,102H,9-14,17-19,22-31,33-34,74H2,1-8H3,(H2,75,91)(H2,76,92)(H,78,110)(H,79,95)(H,80,93)(H,81,94)(H,82,107)(H,83,106)(H,84,103)(H,85,104)(H,86,108)(H,87,111)(H,88,109)(H,89,105)(H,96,97)(H,98,99)(H,100,101)(H,113,114). The largest absolute Gasteiger partial charge is 0.481 e. The van der Waals surface area contributed by atoms with Crippen LogP contribution < -0.4 is 81.0 Å². The zero-order valence-corrected chi connectivity index (χ0v) is 66.0. The third-order valence-electron chi connectivity index (χ3n) is 19.1. The number of nitrogens with two attached hydrogens (primary N) is 3. The lowest BCUT2D eigenvalue weighted by molar-refractivity contribution is -0.159. The van der Waals surface area contributed by atoms with Gasteiger partial charge >= 0.3 is 29.8 Å². The predicted molar refractivity (Wildman–Crippen MR) is 406 cm³/mol. The molecule has 2 aromatic rings. The fourth-order valence-corrected chi connectivity index (χ4v) is 12.0. The molecule has 644 valence electrons. The predicted octanol–water partition coefficient (Wildman–Crippen LogP) is -5.21. The first kappa shape index (κ1) is 98.3. The number of hydrogen-bond acceptors (Lipinski definition) is 23. The van der Waals surface area contributed by atoms with Gasteiger partial charge in [0.1, 0.15) is 72.6 Å². The Balaban J connectivity index is 2.26. The number of amides is 15. The molecule has 3 rings (SSSR count). The number of nitrogens with one attached hydrogen (secondary N) is 13. The molecule has 43 nitrogen and oxygen atoms in total. The van der Waals surface area contributed by atoms with Gasteiger partial charge in [0.05, 0.1) is 38.8 Å². The number of rotatable bonds is 37. The normalized spacial score (nSPS) is 22.1. The highest BCUT2D eigenvalue weighted by Crippen LogP contribution is 2.22. The Morgan fingerprint density at radius 3 is 1.79 bits per heavy atom. The first-order valence-electron chi connectivity index (χ1n) is 37.9. The van der Waals surface area contributed by atoms with Gasteiger partial charge in [-0.2, -0.15) is 0 Å². The number of para-hydroxylation sites is 1. The molecule has 1 fully saturated rings. The van der Waals surface area contributed by atoms with Crippen LogP contribution in [0.5, 0.6) is 0 Å². The van der Waals surface area contributed by atoms with E-state index in [-0.39, 0.29) is 38.6 Å². The number of unbranched alkanes of at least 4 members (excludes halogenated alkanes) is 4. The Hall–Kier alpha value is -11.9. The fraction of sp³-hybridized carbons (Fsp3) is 0.616. The van der Waals surface area contributed by atoms with E-state index in [0.29, 0.717) is 40.1 Å². The number of aromatic nitrogens is 1. The number of aromatic amines is 1. The average Bonchev–Trinajstić information content (AvgIpc) is 1.45. The van der Waals surface area contributed by atoms with E-state index in [1.54, 1.807) is 30.5 Å². The van der Waals surface area contributed by atoms with Gasteiger partial charge in [0.25, 0.3) is 0 Å². The summed E-state index contributed by atoms with van der Waals surface area (Å²) in [5, 5.41) is 77.4. The smallest absolute Gasteiger partial charge is 0.335 e. The van der Waals surface area contributed by atoms with Crippen LogP contribution >= 0.6 is 0 Å². The number of H-pyrrole nitrogens is 1. The Morgan fingerprint density at radius 2 is 1.18 bits per heavy atom. The number of hydrogen-bond donors (Lipinski definition) is 21. The summed E-state index contributed by atoms with van der Waals surface area (Å²) in [7, 11) is 0.937. The molecule has 15 amide bonds. The lowest BCUT2D eigenvalue weighted by atomic mass is 9.94. The van der Waals surface area contributed by atoms with Gasteiger partial charge in [0.2, 0.25) is 88.6 Å². The SMILES string of the molecule is CCC(C)CCCCCCC(=O)NC(Cc1c[nH]c2ccccc12)C(=O)NC(CCC(=O)O)C(=O)NC(CC(N)=O)C(=O)NC1C(=O)N(C)CC(=O)NC(C)C(=O)NC(CC(=O)O)C(=O)NC(CCCCN)C(=O)NC(C(O)C(=O)O)C(=O)NCC(=O)NC(CC(N)=O)C(=O)NC(C(C)CC(=O)O)C(=O)NC(C(C)CC)C(=O)OC1C. The van der Waals surface area contributed by atoms with E-state index in [1.807, 2.05) is 16.0 Å². The number of nitrogens with zero attached hydrogens (tertiary/aromatic N) is 1. The molecule has 43 heteroatoms. The zero-order chi connectivity index (χ0) is 87.4. The van der Waals surface area contributed by atoms with Crippen molar-refractivity contribution in [3.8, 4) is 0 Å². The molecule has 0 radical (unpaired) electrons. The van der Waals surface area contributed by atoms with Crippen molar-refractivity contribution < 1.29 is 126 Å². The van der Waals surface area contributed by atoms with Gasteiger partial charge in [-0.15, -0.1) is 0 Å². The maximum Gasteiger partial charge on any atom is 0.335 e. The van der Waals surface area contributed by atoms with E-state index in [2.05, 4.69) is 66.7 Å². The van der Waals surface area contributed by atoms with Crippen molar-refractivity contribution in [2.75, 3.05) is 26.7 Å². The van der Waals surface area contributed by atoms with Crippen molar-refractivity contribution in [2.45, 2.75) is 243 Å². The molecule has 2 heterocycles. The molecule has 1 aromatic heterocycles. The number of carbonyl (C=O) groups is 20. The highest BCUT2D eigenvalue weighted by molar-refractivity contribution is 6.02. The third-order valence-corrected chi connectivity index (χ3v) is 19.1. The number of aliphatic hydroxyl groups excluding tert-OH is 1. The van der Waals surface area contributed by atoms with Crippen LogP contribution in [0.15, 0.2) is 30.5 Å². The average molecular weight is 1640 g/mol. The number of primary amides is 2. The van der Waals surface area contributed by atoms with E-state index in [9.17, 15) is 121 Å². The molecule has 1 aliphatic rings. The van der Waals surface area contributed by atoms with E-state index in [1.165, 1.54) is 13.8 Å². The van der Waals surface area contributed by atoms with Crippen LogP contribution in [0.4, 0.5) is 0 Å². The molecule has 0 spiro atoms. The van der Waals surface area contributed by atoms with E-state index < -0.39 is 267 Å². The summed E-state index contributed by atoms with van der Waals surface area (Å²) in [6.45, 7) is 7.91. The van der Waals surface area contributed by atoms with E-state index in [4.69, 9.17) is 21.9 Å². The van der Waals surface area contributed by atoms with Gasteiger partial charge < -0.3 is 121 Å². The molecule has 16 atom stereocenters. The van der Waals surface area contributed by atoms with Gasteiger partial charge in [0.15, 0.2) is 6.10 Å². The first-order valence-corrected chi connectivity index (χ1v) is 37.9. The molecular formula is C73H111N17O26. The number of aliphatic carboxylic acids is 4. The molecule has 1 aliphatic heterocycles. The number of carboxylic acid groups (broad SMARTS) is 4. The fourth-order valence-electron chi connectivity index (χ4n) is 12.0. The molecule has 116 heavy (non-hydrogen) atoms. The molecule has 0 saturated carbocycles. The maximum absolute atomic E-state index is 15.0. The second kappa shape index (κ2) is 49.0. The topological polar surface area (TPSA) is 693 Å². The Labute approximate surface area is 667 Å². The Bertz CT molecular complexity index is 3860. The molecular weight excluding hydrogens is 1530 g/mol. The van der Waals surface area contributed by atoms with Crippen molar-refractivity contribution in [2.24, 2.45) is 35.0 Å². The van der Waals surface area contributed by atoms with Crippen LogP contribution in [0, 0.1) is 17.8 Å². The van der Waals surface area contributed by atoms with Crippen LogP contribution in [0.3, 0.4) is 0 Å². The minimum atomic E-state index is -2.83. The van der Waals surface area contributed by atoms with Crippen molar-refractivity contribution in [3.05, 3.63) is 36.0 Å². The molecule has 0 aliphatic carbocycles. The summed E-state index contributed by atoms with van der Waals surface area (Å²) in [5.74, 6) is -29.9. The van der Waals surface area contributed by atoms with E-state index >= 15 is 0 Å². The summed E-state index contributed by atoms with van der Waals surface area (Å²) in [4.78, 5) is 277. The number of likely N-dealkylation sites (N-methyl/N-ethyl adjacent to an activating group) is 1. The molecule has 24 N–H and O–H groups in total. The molecule has 1 aromatic carbocycles. The van der Waals surface area contributed by atoms with Gasteiger partial charge in [-0.3, -0.25) is 86.3 Å². The first-order chi connectivity index (χ1) is 54.5. The third kappa shape index (κ3) is 33.6. The van der Waals surface area contributed by atoms with Crippen molar-refractivity contribution >= 4 is 129 Å². The van der Waals surface area contributed by atoms with Gasteiger partial charge in [-0.05, 0) is 81.9 Å². The maximum atomic E-state index is 15.0. The molecule has 0 bridgehead atoms. The second-order valence-corrected chi connectivity index (χ2v) is 28.7. The number of aliphatic hydroxyl groups is 1. The monoisotopic (exact) mass is 1640 g/mol. The molecule has 1 saturated heterocycles. The number of cyclic esters (lactones) is 1. The summed E-state index contributed by atoms with van der Waals surface area (Å²) in [6.07, 6.45) is -4.63. The number of carbonyl (C=O) groups excluding carboxylic acids is 16. The van der Waals surface area contributed by atoms with Crippen LogP contribution in [0.1, 0.15) is 163 Å². The van der Waals surface area contributed by atoms with Gasteiger partial charge in [-0.1, -0.05) is 91.3 Å². The zero-order valence-electron chi connectivity index (χ0n) is 66.0. The number of benzene rings is 1. The van der Waals surface area contributed by atoms with Crippen LogP contribution in [-0.4, -0.2) is 259 Å².